The van der Waals surface area contributed by atoms with Gasteiger partial charge in [-0.2, -0.15) is 0 Å². The maximum Gasteiger partial charge on any atom is 0.160 e. The molecule has 0 amide bonds. The molecule has 6 heterocycles. The van der Waals surface area contributed by atoms with Crippen molar-refractivity contribution in [2.75, 3.05) is 0 Å². The molecule has 17 aromatic rings. The molecule has 0 spiro atoms. The van der Waals surface area contributed by atoms with Gasteiger partial charge in [0.15, 0.2) is 6.29 Å². The van der Waals surface area contributed by atoms with Crippen molar-refractivity contribution in [2.24, 2.45) is 4.99 Å². The van der Waals surface area contributed by atoms with Gasteiger partial charge in [0.2, 0.25) is 0 Å². The molecule has 0 bridgehead atoms. The first-order chi connectivity index (χ1) is 47.0. The van der Waals surface area contributed by atoms with Crippen molar-refractivity contribution in [1.29, 1.82) is 0 Å². The number of benzene rings is 13. The molecule has 19 rings (SSSR count). The zero-order valence-electron chi connectivity index (χ0n) is 51.8. The average Bonchev–Trinajstić information content (AvgIpc) is 1.60. The van der Waals surface area contributed by atoms with Crippen LogP contribution in [0, 0.1) is 0 Å². The lowest BCUT2D eigenvalue weighted by Gasteiger charge is -2.34. The Balaban J connectivity index is 0.730. The third-order valence-corrected chi connectivity index (χ3v) is 22.1. The van der Waals surface area contributed by atoms with Crippen molar-refractivity contribution in [2.45, 2.75) is 25.3 Å². The van der Waals surface area contributed by atoms with E-state index in [-0.39, 0.29) is 18.4 Å². The number of hydrogen-bond donors (Lipinski definition) is 3. The molecule has 2 aliphatic heterocycles. The number of rotatable bonds is 10. The van der Waals surface area contributed by atoms with E-state index in [1.165, 1.54) is 117 Å². The predicted molar refractivity (Wildman–Crippen MR) is 403 cm³/mol. The maximum atomic E-state index is 5.46. The molecule has 0 saturated heterocycles. The Labute approximate surface area is 557 Å². The first-order valence-corrected chi connectivity index (χ1v) is 34.2. The summed E-state index contributed by atoms with van der Waals surface area (Å²) >= 11 is 3.77. The number of nitrogens with zero attached hydrogens (tertiary/aromatic N) is 3. The van der Waals surface area contributed by atoms with Crippen LogP contribution in [0.3, 0.4) is 0 Å². The van der Waals surface area contributed by atoms with Gasteiger partial charge in [-0.3, -0.25) is 5.32 Å². The molecule has 8 heteroatoms. The van der Waals surface area contributed by atoms with E-state index < -0.39 is 0 Å². The van der Waals surface area contributed by atoms with Gasteiger partial charge in [0.05, 0.1) is 39.8 Å². The largest absolute Gasteiger partial charge is 0.359 e. The summed E-state index contributed by atoms with van der Waals surface area (Å²) in [6, 6.07) is 111. The van der Waals surface area contributed by atoms with Gasteiger partial charge in [0.1, 0.15) is 5.84 Å². The summed E-state index contributed by atoms with van der Waals surface area (Å²) in [4.78, 5) is 5.46. The fourth-order valence-electron chi connectivity index (χ4n) is 15.1. The van der Waals surface area contributed by atoms with E-state index in [9.17, 15) is 0 Å². The Kier molecular flexibility index (Phi) is 13.0. The number of hydrogen-bond acceptors (Lipinski definition) is 6. The molecule has 4 aromatic heterocycles. The van der Waals surface area contributed by atoms with Crippen molar-refractivity contribution in [3.8, 4) is 39.1 Å². The monoisotopic (exact) mass is 1250 g/mol. The van der Waals surface area contributed by atoms with Gasteiger partial charge in [-0.05, 0) is 129 Å². The number of para-hydroxylation sites is 1. The Morgan fingerprint density at radius 2 is 0.895 bits per heavy atom. The van der Waals surface area contributed by atoms with Crippen molar-refractivity contribution in [3.63, 3.8) is 0 Å². The number of fused-ring (bicyclic) bond motifs is 12. The molecular formula is C87H60N6S2. The van der Waals surface area contributed by atoms with Crippen molar-refractivity contribution in [1.82, 2.24) is 25.1 Å². The van der Waals surface area contributed by atoms with Gasteiger partial charge >= 0.3 is 0 Å². The van der Waals surface area contributed by atoms with Gasteiger partial charge in [0.25, 0.3) is 0 Å². The van der Waals surface area contributed by atoms with E-state index in [0.717, 1.165) is 56.2 Å². The molecule has 0 fully saturated rings. The third-order valence-electron chi connectivity index (χ3n) is 19.7. The van der Waals surface area contributed by atoms with E-state index in [0.29, 0.717) is 0 Å². The SMILES string of the molecule is CC1=C(c2cccc(-n3c4ccc(-c5cccc6c5sc5ccccc56)cc4c4ccc(-c5ccc6c(c5)sc5c(-c7ccc8c(c7)c7ccccc7n8C7NC(c8ccccc8)=CC(c8ccccc8)N7)cccc56)cc43)c2)N=C(c2ccccc2)NC1c1ccccc1. The fourth-order valence-corrected chi connectivity index (χ4v) is 17.6. The quantitative estimate of drug-likeness (QED) is 0.128. The van der Waals surface area contributed by atoms with E-state index in [2.05, 4.69) is 341 Å². The standard InChI is InChI=1S/C87H60N6S2/c1-53-82(56-25-10-4-11-26-56)90-86(57-27-12-5-13-28-57)91-83(53)62-29-18-30-63(47-62)92-77-45-41-60(64-33-19-35-70-68-32-15-17-38-80(68)94-84(64)70)49-73(77)67-43-39-58(50-79(67)92)59-40-44-69-71-36-20-34-65(85(71)95-81(69)51-59)61-42-46-78-72(48-61)66-31-14-16-37-76(66)93(78)87-88-74(54-21-6-2-7-22-54)52-75(89-87)55-23-8-3-9-24-55/h2-52,74,82,87-89H,1H3,(H,90,91). The molecular weight excluding hydrogens is 1190 g/mol. The Hall–Kier alpha value is -11.4. The van der Waals surface area contributed by atoms with E-state index in [4.69, 9.17) is 4.99 Å². The zero-order valence-corrected chi connectivity index (χ0v) is 53.5. The molecule has 450 valence electrons. The molecule has 3 N–H and O–H groups in total. The molecule has 3 atom stereocenters. The Morgan fingerprint density at radius 1 is 0.358 bits per heavy atom. The van der Waals surface area contributed by atoms with Gasteiger partial charge in [-0.15, -0.1) is 22.7 Å². The van der Waals surface area contributed by atoms with Crippen LogP contribution in [0.5, 0.6) is 0 Å². The maximum absolute atomic E-state index is 5.46. The Morgan fingerprint density at radius 3 is 1.63 bits per heavy atom. The smallest absolute Gasteiger partial charge is 0.160 e. The van der Waals surface area contributed by atoms with Crippen LogP contribution in [0.15, 0.2) is 320 Å². The van der Waals surface area contributed by atoms with E-state index in [1.54, 1.807) is 0 Å². The zero-order chi connectivity index (χ0) is 62.7. The molecule has 95 heavy (non-hydrogen) atoms. The molecule has 0 radical (unpaired) electrons. The highest BCUT2D eigenvalue weighted by molar-refractivity contribution is 7.26. The van der Waals surface area contributed by atoms with E-state index >= 15 is 0 Å². The minimum Gasteiger partial charge on any atom is -0.359 e. The minimum absolute atomic E-state index is 0.00209. The second-order valence-electron chi connectivity index (χ2n) is 25.1. The predicted octanol–water partition coefficient (Wildman–Crippen LogP) is 22.6. The van der Waals surface area contributed by atoms with Crippen LogP contribution in [-0.4, -0.2) is 15.0 Å². The van der Waals surface area contributed by atoms with Crippen molar-refractivity contribution < 1.29 is 0 Å². The summed E-state index contributed by atoms with van der Waals surface area (Å²) < 4.78 is 10.1. The van der Waals surface area contributed by atoms with Gasteiger partial charge in [-0.25, -0.2) is 4.99 Å². The third kappa shape index (κ3) is 9.27. The molecule has 0 aliphatic carbocycles. The molecule has 2 aliphatic rings. The highest BCUT2D eigenvalue weighted by atomic mass is 32.1. The minimum atomic E-state index is -0.222. The number of aromatic nitrogens is 2. The number of thiophene rings is 2. The molecule has 6 nitrogen and oxygen atoms in total. The lowest BCUT2D eigenvalue weighted by atomic mass is 9.93. The second-order valence-corrected chi connectivity index (χ2v) is 27.2. The molecule has 3 unspecified atom stereocenters. The van der Waals surface area contributed by atoms with Crippen molar-refractivity contribution >= 4 is 124 Å². The van der Waals surface area contributed by atoms with Crippen LogP contribution in [0.2, 0.25) is 0 Å². The number of amidine groups is 1. The lowest BCUT2D eigenvalue weighted by molar-refractivity contribution is 0.350. The normalized spacial score (nSPS) is 15.9. The van der Waals surface area contributed by atoms with Crippen LogP contribution in [-0.2, 0) is 0 Å². The summed E-state index contributed by atoms with van der Waals surface area (Å²) in [5.41, 5.74) is 21.9. The highest BCUT2D eigenvalue weighted by Crippen LogP contribution is 2.47. The van der Waals surface area contributed by atoms with Crippen LogP contribution in [0.1, 0.15) is 53.1 Å². The van der Waals surface area contributed by atoms with Crippen LogP contribution in [0.4, 0.5) is 0 Å². The fraction of sp³-hybridized carbons (Fsp3) is 0.0460. The second kappa shape index (κ2) is 22.4. The average molecular weight is 1250 g/mol. The first-order valence-electron chi connectivity index (χ1n) is 32.6. The first kappa shape index (κ1) is 55.3. The van der Waals surface area contributed by atoms with E-state index in [1.807, 2.05) is 22.7 Å². The summed E-state index contributed by atoms with van der Waals surface area (Å²) in [6.07, 6.45) is 2.10. The molecule has 13 aromatic carbocycles. The summed E-state index contributed by atoms with van der Waals surface area (Å²) in [5.74, 6) is 0.862. The topological polar surface area (TPSA) is 58.3 Å². The summed E-state index contributed by atoms with van der Waals surface area (Å²) in [7, 11) is 0. The van der Waals surface area contributed by atoms with Crippen LogP contribution >= 0.6 is 22.7 Å². The van der Waals surface area contributed by atoms with Crippen LogP contribution < -0.4 is 16.0 Å². The highest BCUT2D eigenvalue weighted by Gasteiger charge is 2.29. The number of aliphatic imine (C=N–C) groups is 1. The molecule has 0 saturated carbocycles. The van der Waals surface area contributed by atoms with Crippen LogP contribution in [0.25, 0.3) is 134 Å². The summed E-state index contributed by atoms with van der Waals surface area (Å²) in [5, 5.41) is 21.7. The van der Waals surface area contributed by atoms with Gasteiger partial charge < -0.3 is 19.8 Å². The lowest BCUT2D eigenvalue weighted by Crippen LogP contribution is -2.43. The van der Waals surface area contributed by atoms with Gasteiger partial charge in [0, 0.05) is 84.4 Å². The van der Waals surface area contributed by atoms with Gasteiger partial charge in [-0.1, -0.05) is 243 Å². The number of nitrogens with one attached hydrogen (secondary N) is 3. The van der Waals surface area contributed by atoms with Crippen molar-refractivity contribution in [3.05, 3.63) is 343 Å². The Bertz CT molecular complexity index is 6030. The summed E-state index contributed by atoms with van der Waals surface area (Å²) in [6.45, 7) is 2.23.